The molecule has 1 saturated heterocycles. The zero-order valence-corrected chi connectivity index (χ0v) is 19.4. The molecule has 2 fully saturated rings. The minimum absolute atomic E-state index is 0.193. The molecule has 2 aliphatic rings. The number of nitrogens with one attached hydrogen (secondary N) is 2. The monoisotopic (exact) mass is 416 g/mol. The molecule has 1 aromatic rings. The van der Waals surface area contributed by atoms with Crippen molar-refractivity contribution in [1.29, 1.82) is 0 Å². The van der Waals surface area contributed by atoms with Crippen molar-refractivity contribution in [2.24, 2.45) is 10.4 Å². The van der Waals surface area contributed by atoms with Gasteiger partial charge in [-0.15, -0.1) is 0 Å². The van der Waals surface area contributed by atoms with Gasteiger partial charge >= 0.3 is 0 Å². The molecule has 168 valence electrons. The van der Waals surface area contributed by atoms with Crippen molar-refractivity contribution in [2.75, 3.05) is 51.8 Å². The van der Waals surface area contributed by atoms with Crippen LogP contribution in [0.25, 0.3) is 0 Å². The Kier molecular flexibility index (Phi) is 7.94. The smallest absolute Gasteiger partial charge is 0.191 e. The lowest BCUT2D eigenvalue weighted by atomic mass is 9.58. The first-order valence-corrected chi connectivity index (χ1v) is 11.5. The van der Waals surface area contributed by atoms with E-state index in [1.807, 2.05) is 13.2 Å². The summed E-state index contributed by atoms with van der Waals surface area (Å²) in [5.74, 6) is 1.93. The van der Waals surface area contributed by atoms with Crippen LogP contribution in [0.5, 0.6) is 0 Å². The van der Waals surface area contributed by atoms with Crippen LogP contribution >= 0.6 is 0 Å². The minimum atomic E-state index is 0.193. The predicted molar refractivity (Wildman–Crippen MR) is 124 cm³/mol. The van der Waals surface area contributed by atoms with Gasteiger partial charge in [-0.05, 0) is 50.9 Å². The van der Waals surface area contributed by atoms with Gasteiger partial charge in [-0.25, -0.2) is 4.98 Å². The Labute approximate surface area is 182 Å². The molecule has 0 aromatic carbocycles. The van der Waals surface area contributed by atoms with Crippen molar-refractivity contribution in [3.8, 4) is 0 Å². The Bertz CT molecular complexity index is 697. The van der Waals surface area contributed by atoms with E-state index in [4.69, 9.17) is 4.74 Å². The lowest BCUT2D eigenvalue weighted by Crippen LogP contribution is -2.65. The molecule has 2 heterocycles. The first-order valence-electron chi connectivity index (χ1n) is 11.5. The average molecular weight is 417 g/mol. The van der Waals surface area contributed by atoms with Crippen molar-refractivity contribution in [2.45, 2.75) is 58.7 Å². The molecule has 3 rings (SSSR count). The Morgan fingerprint density at radius 2 is 1.97 bits per heavy atom. The number of rotatable bonds is 8. The summed E-state index contributed by atoms with van der Waals surface area (Å²) in [6.45, 7) is 12.4. The number of hydrogen-bond acceptors (Lipinski definition) is 5. The first-order chi connectivity index (χ1) is 14.6. The molecule has 1 aliphatic carbocycles. The number of piperazine rings is 1. The highest BCUT2D eigenvalue weighted by Gasteiger charge is 2.53. The SMILES string of the molecule is CCOC1CC(NC(=NC)NCc2ccnc(N3CCN(C)CC3)c2)C1(CC)CC. The van der Waals surface area contributed by atoms with Gasteiger partial charge in [0.1, 0.15) is 5.82 Å². The van der Waals surface area contributed by atoms with E-state index < -0.39 is 0 Å². The van der Waals surface area contributed by atoms with Crippen LogP contribution in [0.4, 0.5) is 5.82 Å². The van der Waals surface area contributed by atoms with Gasteiger partial charge in [0, 0.05) is 64.0 Å². The summed E-state index contributed by atoms with van der Waals surface area (Å²) in [6, 6.07) is 4.67. The normalized spacial score (nSPS) is 24.4. The van der Waals surface area contributed by atoms with E-state index in [0.717, 1.165) is 70.4 Å². The highest BCUT2D eigenvalue weighted by molar-refractivity contribution is 5.80. The predicted octanol–water partition coefficient (Wildman–Crippen LogP) is 2.48. The van der Waals surface area contributed by atoms with Crippen LogP contribution in [0, 0.1) is 5.41 Å². The third kappa shape index (κ3) is 4.89. The number of pyridine rings is 1. The van der Waals surface area contributed by atoms with Crippen LogP contribution in [0.1, 0.15) is 45.6 Å². The molecule has 7 heteroatoms. The zero-order chi connectivity index (χ0) is 21.6. The van der Waals surface area contributed by atoms with Gasteiger partial charge in [-0.1, -0.05) is 13.8 Å². The number of aliphatic imine (C=N–C) groups is 1. The molecule has 1 aliphatic heterocycles. The Hall–Kier alpha value is -1.86. The summed E-state index contributed by atoms with van der Waals surface area (Å²) in [5, 5.41) is 7.16. The summed E-state index contributed by atoms with van der Waals surface area (Å²) in [6.07, 6.45) is 5.53. The summed E-state index contributed by atoms with van der Waals surface area (Å²) in [7, 11) is 4.02. The Morgan fingerprint density at radius 3 is 2.60 bits per heavy atom. The maximum Gasteiger partial charge on any atom is 0.191 e. The summed E-state index contributed by atoms with van der Waals surface area (Å²) in [5.41, 5.74) is 1.42. The number of ether oxygens (including phenoxy) is 1. The number of aromatic nitrogens is 1. The highest BCUT2D eigenvalue weighted by Crippen LogP contribution is 2.48. The molecular formula is C23H40N6O. The largest absolute Gasteiger partial charge is 0.378 e. The summed E-state index contributed by atoms with van der Waals surface area (Å²) < 4.78 is 6.01. The fourth-order valence-corrected chi connectivity index (χ4v) is 4.91. The molecular weight excluding hydrogens is 376 g/mol. The third-order valence-corrected chi connectivity index (χ3v) is 7.10. The number of nitrogens with zero attached hydrogens (tertiary/aromatic N) is 4. The molecule has 0 radical (unpaired) electrons. The van der Waals surface area contributed by atoms with E-state index in [1.165, 1.54) is 5.56 Å². The van der Waals surface area contributed by atoms with E-state index in [-0.39, 0.29) is 5.41 Å². The van der Waals surface area contributed by atoms with Gasteiger partial charge < -0.3 is 25.2 Å². The van der Waals surface area contributed by atoms with Crippen molar-refractivity contribution in [3.05, 3.63) is 23.9 Å². The summed E-state index contributed by atoms with van der Waals surface area (Å²) >= 11 is 0. The van der Waals surface area contributed by atoms with Gasteiger partial charge in [0.2, 0.25) is 0 Å². The molecule has 2 atom stereocenters. The van der Waals surface area contributed by atoms with Crippen LogP contribution < -0.4 is 15.5 Å². The van der Waals surface area contributed by atoms with Gasteiger partial charge in [0.15, 0.2) is 5.96 Å². The van der Waals surface area contributed by atoms with Crippen molar-refractivity contribution >= 4 is 11.8 Å². The topological polar surface area (TPSA) is 65.0 Å². The standard InChI is InChI=1S/C23H40N6O/c1-6-23(7-2)19(16-20(23)30-8-3)27-22(24-4)26-17-18-9-10-25-21(15-18)29-13-11-28(5)12-14-29/h9-10,15,19-20H,6-8,11-14,16-17H2,1-5H3,(H2,24,26,27). The minimum Gasteiger partial charge on any atom is -0.378 e. The van der Waals surface area contributed by atoms with Crippen molar-refractivity contribution in [1.82, 2.24) is 20.5 Å². The third-order valence-electron chi connectivity index (χ3n) is 7.10. The van der Waals surface area contributed by atoms with Gasteiger partial charge in [0.05, 0.1) is 6.10 Å². The molecule has 2 unspecified atom stereocenters. The first kappa shape index (κ1) is 22.8. The van der Waals surface area contributed by atoms with E-state index in [2.05, 4.69) is 70.4 Å². The molecule has 0 bridgehead atoms. The average Bonchev–Trinajstić information content (AvgIpc) is 2.77. The highest BCUT2D eigenvalue weighted by atomic mass is 16.5. The van der Waals surface area contributed by atoms with E-state index in [0.29, 0.717) is 12.1 Å². The Morgan fingerprint density at radius 1 is 1.23 bits per heavy atom. The fraction of sp³-hybridized carbons (Fsp3) is 0.739. The molecule has 0 spiro atoms. The second kappa shape index (κ2) is 10.4. The van der Waals surface area contributed by atoms with Crippen LogP contribution in [0.15, 0.2) is 23.3 Å². The molecule has 7 nitrogen and oxygen atoms in total. The van der Waals surface area contributed by atoms with Gasteiger partial charge in [-0.2, -0.15) is 0 Å². The van der Waals surface area contributed by atoms with Crippen molar-refractivity contribution in [3.63, 3.8) is 0 Å². The second-order valence-corrected chi connectivity index (χ2v) is 8.56. The maximum absolute atomic E-state index is 6.01. The van der Waals surface area contributed by atoms with Gasteiger partial charge in [0.25, 0.3) is 0 Å². The molecule has 0 amide bonds. The fourth-order valence-electron chi connectivity index (χ4n) is 4.91. The van der Waals surface area contributed by atoms with Crippen molar-refractivity contribution < 1.29 is 4.74 Å². The lowest BCUT2D eigenvalue weighted by molar-refractivity contribution is -0.133. The number of hydrogen-bond donors (Lipinski definition) is 2. The van der Waals surface area contributed by atoms with Crippen LogP contribution in [-0.4, -0.2) is 74.9 Å². The van der Waals surface area contributed by atoms with E-state index in [9.17, 15) is 0 Å². The summed E-state index contributed by atoms with van der Waals surface area (Å²) in [4.78, 5) is 13.8. The molecule has 1 aromatic heterocycles. The maximum atomic E-state index is 6.01. The zero-order valence-electron chi connectivity index (χ0n) is 19.4. The Balaban J connectivity index is 1.56. The lowest BCUT2D eigenvalue weighted by Gasteiger charge is -2.55. The quantitative estimate of drug-likeness (QED) is 0.501. The number of likely N-dealkylation sites (N-methyl/N-ethyl adjacent to an activating group) is 1. The van der Waals surface area contributed by atoms with Gasteiger partial charge in [-0.3, -0.25) is 4.99 Å². The van der Waals surface area contributed by atoms with E-state index in [1.54, 1.807) is 0 Å². The van der Waals surface area contributed by atoms with E-state index >= 15 is 0 Å². The molecule has 30 heavy (non-hydrogen) atoms. The number of guanidine groups is 1. The van der Waals surface area contributed by atoms with Crippen LogP contribution in [0.2, 0.25) is 0 Å². The number of anilines is 1. The molecule has 2 N–H and O–H groups in total. The van der Waals surface area contributed by atoms with Crippen LogP contribution in [-0.2, 0) is 11.3 Å². The van der Waals surface area contributed by atoms with Crippen LogP contribution in [0.3, 0.4) is 0 Å². The second-order valence-electron chi connectivity index (χ2n) is 8.56. The molecule has 1 saturated carbocycles.